The van der Waals surface area contributed by atoms with E-state index in [1.54, 1.807) is 9.58 Å². The first-order valence-corrected chi connectivity index (χ1v) is 9.72. The summed E-state index contributed by atoms with van der Waals surface area (Å²) in [5, 5.41) is 4.22. The normalized spacial score (nSPS) is 16.1. The molecule has 1 saturated heterocycles. The van der Waals surface area contributed by atoms with Crippen LogP contribution in [0.1, 0.15) is 23.7 Å². The van der Waals surface area contributed by atoms with Crippen LogP contribution in [-0.2, 0) is 11.8 Å². The smallest absolute Gasteiger partial charge is 0.260 e. The molecule has 0 saturated carbocycles. The number of carbonyl (C=O) groups is 1. The van der Waals surface area contributed by atoms with Gasteiger partial charge in [0.05, 0.1) is 6.20 Å². The van der Waals surface area contributed by atoms with Crippen molar-refractivity contribution >= 4 is 5.91 Å². The molecule has 0 spiro atoms. The molecule has 30 heavy (non-hydrogen) atoms. The first kappa shape index (κ1) is 20.0. The van der Waals surface area contributed by atoms with Crippen LogP contribution in [0.15, 0.2) is 42.7 Å². The van der Waals surface area contributed by atoms with Gasteiger partial charge in [0.2, 0.25) is 0 Å². The Labute approximate surface area is 173 Å². The average Bonchev–Trinajstić information content (AvgIpc) is 3.36. The Balaban J connectivity index is 1.41. The van der Waals surface area contributed by atoms with Crippen molar-refractivity contribution < 1.29 is 18.3 Å². The van der Waals surface area contributed by atoms with Crippen molar-refractivity contribution in [2.24, 2.45) is 7.05 Å². The van der Waals surface area contributed by atoms with Crippen molar-refractivity contribution in [2.75, 3.05) is 19.7 Å². The lowest BCUT2D eigenvalue weighted by Gasteiger charge is -2.17. The number of hydrogen-bond acceptors (Lipinski definition) is 4. The number of amides is 1. The Morgan fingerprint density at radius 2 is 2.07 bits per heavy atom. The van der Waals surface area contributed by atoms with E-state index >= 15 is 0 Å². The fourth-order valence-corrected chi connectivity index (χ4v) is 3.69. The Morgan fingerprint density at radius 3 is 2.80 bits per heavy atom. The van der Waals surface area contributed by atoms with E-state index in [0.29, 0.717) is 13.1 Å². The van der Waals surface area contributed by atoms with Gasteiger partial charge in [-0.3, -0.25) is 14.5 Å². The van der Waals surface area contributed by atoms with E-state index in [1.165, 1.54) is 6.07 Å². The summed E-state index contributed by atoms with van der Waals surface area (Å²) in [6.07, 6.45) is 4.56. The molecule has 156 valence electrons. The molecule has 0 aliphatic carbocycles. The average molecular weight is 412 g/mol. The van der Waals surface area contributed by atoms with Gasteiger partial charge in [-0.05, 0) is 43.2 Å². The van der Waals surface area contributed by atoms with Gasteiger partial charge in [0.25, 0.3) is 5.91 Å². The maximum atomic E-state index is 13.7. The van der Waals surface area contributed by atoms with Crippen LogP contribution in [0.3, 0.4) is 0 Å². The topological polar surface area (TPSA) is 60.2 Å². The molecule has 2 aromatic heterocycles. The molecule has 0 N–H and O–H groups in total. The fraction of sp³-hybridized carbons (Fsp3) is 0.318. The van der Waals surface area contributed by atoms with Crippen molar-refractivity contribution in [3.05, 3.63) is 65.7 Å². The molecule has 0 unspecified atom stereocenters. The molecule has 8 heteroatoms. The standard InChI is InChI=1S/C22H22F2N4O2/c1-14-7-16(17-10-25-27(2)11-17)8-20(26-14)15-5-6-28(12-15)22(29)13-30-21-4-3-18(23)9-19(21)24/h3-4,7-11,15H,5-6,12-13H2,1-2H3/t15-/m1/s1. The van der Waals surface area contributed by atoms with Crippen LogP contribution in [0.2, 0.25) is 0 Å². The summed E-state index contributed by atoms with van der Waals surface area (Å²) in [5.41, 5.74) is 3.91. The zero-order valence-corrected chi connectivity index (χ0v) is 16.8. The van der Waals surface area contributed by atoms with Crippen LogP contribution in [0.25, 0.3) is 11.1 Å². The van der Waals surface area contributed by atoms with Crippen LogP contribution < -0.4 is 4.74 Å². The molecule has 3 heterocycles. The summed E-state index contributed by atoms with van der Waals surface area (Å²) in [4.78, 5) is 18.9. The maximum absolute atomic E-state index is 13.7. The van der Waals surface area contributed by atoms with E-state index in [1.807, 2.05) is 38.5 Å². The SMILES string of the molecule is Cc1cc(-c2cnn(C)c2)cc([C@@H]2CCN(C(=O)COc3ccc(F)cc3F)C2)n1. The molecule has 6 nitrogen and oxygen atoms in total. The molecule has 1 amide bonds. The lowest BCUT2D eigenvalue weighted by Crippen LogP contribution is -2.33. The highest BCUT2D eigenvalue weighted by Crippen LogP contribution is 2.30. The lowest BCUT2D eigenvalue weighted by atomic mass is 10.00. The van der Waals surface area contributed by atoms with Crippen LogP contribution in [0, 0.1) is 18.6 Å². The number of pyridine rings is 1. The zero-order chi connectivity index (χ0) is 21.3. The molecule has 1 aliphatic heterocycles. The molecular weight excluding hydrogens is 390 g/mol. The number of aromatic nitrogens is 3. The number of carbonyl (C=O) groups excluding carboxylic acids is 1. The van der Waals surface area contributed by atoms with Gasteiger partial charge in [0, 0.05) is 55.3 Å². The highest BCUT2D eigenvalue weighted by Gasteiger charge is 2.29. The van der Waals surface area contributed by atoms with Gasteiger partial charge in [-0.2, -0.15) is 5.10 Å². The van der Waals surface area contributed by atoms with Crippen molar-refractivity contribution in [1.29, 1.82) is 0 Å². The quantitative estimate of drug-likeness (QED) is 0.644. The predicted molar refractivity (Wildman–Crippen MR) is 107 cm³/mol. The van der Waals surface area contributed by atoms with E-state index in [0.717, 1.165) is 41.1 Å². The van der Waals surface area contributed by atoms with Gasteiger partial charge in [-0.25, -0.2) is 8.78 Å². The maximum Gasteiger partial charge on any atom is 0.260 e. The number of nitrogens with zero attached hydrogens (tertiary/aromatic N) is 4. The Morgan fingerprint density at radius 1 is 1.23 bits per heavy atom. The first-order valence-electron chi connectivity index (χ1n) is 9.72. The number of ether oxygens (including phenoxy) is 1. The highest BCUT2D eigenvalue weighted by atomic mass is 19.1. The summed E-state index contributed by atoms with van der Waals surface area (Å²) >= 11 is 0. The number of hydrogen-bond donors (Lipinski definition) is 0. The third-order valence-corrected chi connectivity index (χ3v) is 5.22. The highest BCUT2D eigenvalue weighted by molar-refractivity contribution is 5.78. The monoisotopic (exact) mass is 412 g/mol. The number of rotatable bonds is 5. The van der Waals surface area contributed by atoms with Crippen molar-refractivity contribution in [1.82, 2.24) is 19.7 Å². The summed E-state index contributed by atoms with van der Waals surface area (Å²) in [6.45, 7) is 2.76. The number of benzene rings is 1. The van der Waals surface area contributed by atoms with E-state index in [9.17, 15) is 13.6 Å². The molecular formula is C22H22F2N4O2. The third-order valence-electron chi connectivity index (χ3n) is 5.22. The van der Waals surface area contributed by atoms with E-state index < -0.39 is 11.6 Å². The van der Waals surface area contributed by atoms with Crippen LogP contribution in [0.4, 0.5) is 8.78 Å². The van der Waals surface area contributed by atoms with Gasteiger partial charge in [-0.1, -0.05) is 0 Å². The number of aryl methyl sites for hydroxylation is 2. The van der Waals surface area contributed by atoms with Crippen molar-refractivity contribution in [3.8, 4) is 16.9 Å². The van der Waals surface area contributed by atoms with E-state index in [-0.39, 0.29) is 24.2 Å². The van der Waals surface area contributed by atoms with Gasteiger partial charge in [0.15, 0.2) is 18.2 Å². The molecule has 1 aliphatic rings. The second-order valence-corrected chi connectivity index (χ2v) is 7.51. The zero-order valence-electron chi connectivity index (χ0n) is 16.8. The second-order valence-electron chi connectivity index (χ2n) is 7.51. The molecule has 1 aromatic carbocycles. The van der Waals surface area contributed by atoms with E-state index in [4.69, 9.17) is 4.74 Å². The lowest BCUT2D eigenvalue weighted by molar-refractivity contribution is -0.132. The minimum atomic E-state index is -0.825. The summed E-state index contributed by atoms with van der Waals surface area (Å²) in [6, 6.07) is 7.07. The van der Waals surface area contributed by atoms with Crippen molar-refractivity contribution in [3.63, 3.8) is 0 Å². The largest absolute Gasteiger partial charge is 0.481 e. The van der Waals surface area contributed by atoms with E-state index in [2.05, 4.69) is 10.1 Å². The minimum Gasteiger partial charge on any atom is -0.481 e. The number of likely N-dealkylation sites (tertiary alicyclic amines) is 1. The van der Waals surface area contributed by atoms with Gasteiger partial charge in [-0.15, -0.1) is 0 Å². The van der Waals surface area contributed by atoms with Crippen LogP contribution in [-0.4, -0.2) is 45.3 Å². The van der Waals surface area contributed by atoms with Crippen molar-refractivity contribution in [2.45, 2.75) is 19.3 Å². The Hall–Kier alpha value is -3.29. The second kappa shape index (κ2) is 8.22. The van der Waals surface area contributed by atoms with Gasteiger partial charge < -0.3 is 9.64 Å². The van der Waals surface area contributed by atoms with Gasteiger partial charge >= 0.3 is 0 Å². The summed E-state index contributed by atoms with van der Waals surface area (Å²) < 4.78 is 33.7. The summed E-state index contributed by atoms with van der Waals surface area (Å²) in [7, 11) is 1.87. The fourth-order valence-electron chi connectivity index (χ4n) is 3.69. The van der Waals surface area contributed by atoms with Crippen LogP contribution >= 0.6 is 0 Å². The molecule has 0 bridgehead atoms. The van der Waals surface area contributed by atoms with Crippen LogP contribution in [0.5, 0.6) is 5.75 Å². The molecule has 3 aromatic rings. The first-order chi connectivity index (χ1) is 14.4. The molecule has 4 rings (SSSR count). The van der Waals surface area contributed by atoms with Gasteiger partial charge in [0.1, 0.15) is 5.82 Å². The molecule has 1 fully saturated rings. The minimum absolute atomic E-state index is 0.117. The summed E-state index contributed by atoms with van der Waals surface area (Å²) in [5.74, 6) is -1.77. The number of halogens is 2. The molecule has 0 radical (unpaired) electrons. The predicted octanol–water partition coefficient (Wildman–Crippen LogP) is 3.46. The third kappa shape index (κ3) is 4.32. The Bertz CT molecular complexity index is 1080. The molecule has 1 atom stereocenters. The Kier molecular flexibility index (Phi) is 5.48.